The van der Waals surface area contributed by atoms with Gasteiger partial charge in [0.05, 0.1) is 22.3 Å². The van der Waals surface area contributed by atoms with Crippen LogP contribution in [0.4, 0.5) is 0 Å². The van der Waals surface area contributed by atoms with Crippen molar-refractivity contribution in [1.82, 2.24) is 8.96 Å². The molecule has 7 heteroatoms. The van der Waals surface area contributed by atoms with Gasteiger partial charge in [-0.05, 0) is 31.2 Å². The van der Waals surface area contributed by atoms with E-state index in [2.05, 4.69) is 4.98 Å². The largest absolute Gasteiger partial charge is 0.456 e. The number of nitrogens with zero attached hydrogens (tertiary/aromatic N) is 2. The molecule has 0 atom stereocenters. The Hall–Kier alpha value is -2.93. The Balaban J connectivity index is 1.81. The van der Waals surface area contributed by atoms with E-state index in [1.165, 1.54) is 24.7 Å². The quantitative estimate of drug-likeness (QED) is 0.657. The first kappa shape index (κ1) is 16.9. The maximum atomic E-state index is 12.7. The molecule has 25 heavy (non-hydrogen) atoms. The van der Waals surface area contributed by atoms with Gasteiger partial charge in [-0.3, -0.25) is 0 Å². The second-order valence-corrected chi connectivity index (χ2v) is 7.26. The molecule has 0 aliphatic heterocycles. The van der Waals surface area contributed by atoms with Crippen LogP contribution in [0.15, 0.2) is 72.0 Å². The minimum absolute atomic E-state index is 0.145. The average molecular weight is 356 g/mol. The van der Waals surface area contributed by atoms with Crippen LogP contribution in [0.25, 0.3) is 0 Å². The molecule has 0 N–H and O–H groups in total. The van der Waals surface area contributed by atoms with Gasteiger partial charge >= 0.3 is 5.97 Å². The van der Waals surface area contributed by atoms with Gasteiger partial charge in [-0.25, -0.2) is 22.2 Å². The van der Waals surface area contributed by atoms with E-state index in [1.54, 1.807) is 42.5 Å². The molecule has 0 radical (unpaired) electrons. The smallest absolute Gasteiger partial charge is 0.338 e. The molecule has 0 bridgehead atoms. The number of hydrogen-bond acceptors (Lipinski definition) is 5. The van der Waals surface area contributed by atoms with Crippen LogP contribution < -0.4 is 0 Å². The van der Waals surface area contributed by atoms with Crippen molar-refractivity contribution in [3.8, 4) is 0 Å². The van der Waals surface area contributed by atoms with E-state index in [4.69, 9.17) is 4.74 Å². The van der Waals surface area contributed by atoms with Crippen molar-refractivity contribution in [3.05, 3.63) is 83.9 Å². The van der Waals surface area contributed by atoms with Crippen molar-refractivity contribution in [2.45, 2.75) is 18.4 Å². The van der Waals surface area contributed by atoms with Gasteiger partial charge in [0, 0.05) is 0 Å². The molecule has 2 aromatic carbocycles. The van der Waals surface area contributed by atoms with Crippen LogP contribution in [-0.2, 0) is 21.4 Å². The highest BCUT2D eigenvalue weighted by molar-refractivity contribution is 7.90. The lowest BCUT2D eigenvalue weighted by Gasteiger charge is -2.10. The Bertz CT molecular complexity index is 977. The molecule has 0 spiro atoms. The summed E-state index contributed by atoms with van der Waals surface area (Å²) < 4.78 is 31.7. The third-order valence-electron chi connectivity index (χ3n) is 3.62. The van der Waals surface area contributed by atoms with Gasteiger partial charge in [0.2, 0.25) is 0 Å². The Morgan fingerprint density at radius 3 is 2.44 bits per heavy atom. The highest BCUT2D eigenvalue weighted by Gasteiger charge is 2.20. The SMILES string of the molecule is Cc1ccc(S(=O)(=O)n2cncc2COC(=O)c2ccccc2)cc1. The number of imidazole rings is 1. The van der Waals surface area contributed by atoms with E-state index in [1.807, 2.05) is 6.92 Å². The van der Waals surface area contributed by atoms with Crippen molar-refractivity contribution in [1.29, 1.82) is 0 Å². The van der Waals surface area contributed by atoms with Gasteiger partial charge in [0.15, 0.2) is 0 Å². The van der Waals surface area contributed by atoms with Crippen molar-refractivity contribution < 1.29 is 17.9 Å². The summed E-state index contributed by atoms with van der Waals surface area (Å²) in [5.74, 6) is -0.527. The molecule has 0 unspecified atom stereocenters. The van der Waals surface area contributed by atoms with Gasteiger partial charge in [0.25, 0.3) is 10.0 Å². The van der Waals surface area contributed by atoms with Crippen molar-refractivity contribution in [2.24, 2.45) is 0 Å². The Labute approximate surface area is 145 Å². The van der Waals surface area contributed by atoms with Crippen LogP contribution in [0.1, 0.15) is 21.6 Å². The predicted octanol–water partition coefficient (Wildman–Crippen LogP) is 2.79. The van der Waals surface area contributed by atoms with E-state index in [0.29, 0.717) is 5.56 Å². The number of carbonyl (C=O) groups is 1. The number of rotatable bonds is 5. The summed E-state index contributed by atoms with van der Waals surface area (Å²) in [4.78, 5) is 16.0. The molecule has 128 valence electrons. The topological polar surface area (TPSA) is 78.3 Å². The number of aryl methyl sites for hydroxylation is 1. The van der Waals surface area contributed by atoms with E-state index in [9.17, 15) is 13.2 Å². The standard InChI is InChI=1S/C18H16N2O4S/c1-14-7-9-17(10-8-14)25(22,23)20-13-19-11-16(20)12-24-18(21)15-5-3-2-4-6-15/h2-11,13H,12H2,1H3. The number of esters is 1. The minimum atomic E-state index is -3.79. The number of ether oxygens (including phenoxy) is 1. The maximum Gasteiger partial charge on any atom is 0.338 e. The second-order valence-electron chi connectivity index (χ2n) is 5.44. The first-order chi connectivity index (χ1) is 12.0. The van der Waals surface area contributed by atoms with E-state index >= 15 is 0 Å². The molecule has 0 saturated heterocycles. The molecule has 0 saturated carbocycles. The van der Waals surface area contributed by atoms with Gasteiger partial charge in [-0.15, -0.1) is 0 Å². The molecule has 0 aliphatic carbocycles. The van der Waals surface area contributed by atoms with E-state index in [-0.39, 0.29) is 17.2 Å². The Morgan fingerprint density at radius 2 is 1.76 bits per heavy atom. The summed E-state index contributed by atoms with van der Waals surface area (Å²) in [5.41, 5.74) is 1.63. The first-order valence-electron chi connectivity index (χ1n) is 7.54. The Morgan fingerprint density at radius 1 is 1.08 bits per heavy atom. The van der Waals surface area contributed by atoms with Crippen molar-refractivity contribution in [2.75, 3.05) is 0 Å². The summed E-state index contributed by atoms with van der Waals surface area (Å²) in [6, 6.07) is 15.0. The molecular weight excluding hydrogens is 340 g/mol. The van der Waals surface area contributed by atoms with Crippen LogP contribution >= 0.6 is 0 Å². The van der Waals surface area contributed by atoms with Crippen molar-refractivity contribution >= 4 is 16.0 Å². The van der Waals surface area contributed by atoms with E-state index < -0.39 is 16.0 Å². The zero-order valence-corrected chi connectivity index (χ0v) is 14.3. The normalized spacial score (nSPS) is 11.2. The van der Waals surface area contributed by atoms with Crippen LogP contribution in [0, 0.1) is 6.92 Å². The zero-order valence-electron chi connectivity index (χ0n) is 13.5. The molecule has 1 aromatic heterocycles. The fourth-order valence-corrected chi connectivity index (χ4v) is 3.54. The lowest BCUT2D eigenvalue weighted by Crippen LogP contribution is -2.16. The molecule has 3 aromatic rings. The van der Waals surface area contributed by atoms with Crippen LogP contribution in [-0.4, -0.2) is 23.3 Å². The molecule has 0 aliphatic rings. The Kier molecular flexibility index (Phi) is 4.67. The van der Waals surface area contributed by atoms with Crippen molar-refractivity contribution in [3.63, 3.8) is 0 Å². The molecule has 3 rings (SSSR count). The van der Waals surface area contributed by atoms with Gasteiger partial charge in [-0.2, -0.15) is 0 Å². The third kappa shape index (κ3) is 3.61. The highest BCUT2D eigenvalue weighted by atomic mass is 32.2. The summed E-state index contributed by atoms with van der Waals surface area (Å²) >= 11 is 0. The molecule has 6 nitrogen and oxygen atoms in total. The number of aromatic nitrogens is 2. The van der Waals surface area contributed by atoms with Gasteiger partial charge < -0.3 is 4.74 Å². The minimum Gasteiger partial charge on any atom is -0.456 e. The molecule has 0 fully saturated rings. The summed E-state index contributed by atoms with van der Waals surface area (Å²) in [6.45, 7) is 1.68. The molecular formula is C18H16N2O4S. The first-order valence-corrected chi connectivity index (χ1v) is 8.98. The zero-order chi connectivity index (χ0) is 17.9. The molecule has 1 heterocycles. The van der Waals surface area contributed by atoms with Crippen LogP contribution in [0.2, 0.25) is 0 Å². The average Bonchev–Trinajstić information content (AvgIpc) is 3.10. The van der Waals surface area contributed by atoms with Gasteiger partial charge in [-0.1, -0.05) is 35.9 Å². The van der Waals surface area contributed by atoms with Gasteiger partial charge in [0.1, 0.15) is 12.9 Å². The lowest BCUT2D eigenvalue weighted by atomic mass is 10.2. The summed E-state index contributed by atoms with van der Waals surface area (Å²) in [7, 11) is -3.79. The monoisotopic (exact) mass is 356 g/mol. The lowest BCUT2D eigenvalue weighted by molar-refractivity contribution is 0.0466. The van der Waals surface area contributed by atoms with Crippen LogP contribution in [0.5, 0.6) is 0 Å². The highest BCUT2D eigenvalue weighted by Crippen LogP contribution is 2.17. The van der Waals surface area contributed by atoms with Crippen LogP contribution in [0.3, 0.4) is 0 Å². The number of carbonyl (C=O) groups excluding carboxylic acids is 1. The summed E-state index contributed by atoms with van der Waals surface area (Å²) in [5, 5.41) is 0. The fraction of sp³-hybridized carbons (Fsp3) is 0.111. The predicted molar refractivity (Wildman–Crippen MR) is 91.6 cm³/mol. The number of hydrogen-bond donors (Lipinski definition) is 0. The second kappa shape index (κ2) is 6.90. The maximum absolute atomic E-state index is 12.7. The fourth-order valence-electron chi connectivity index (χ4n) is 2.25. The van der Waals surface area contributed by atoms with E-state index in [0.717, 1.165) is 9.54 Å². The molecule has 0 amide bonds. The number of benzene rings is 2. The third-order valence-corrected chi connectivity index (χ3v) is 5.33. The summed E-state index contributed by atoms with van der Waals surface area (Å²) in [6.07, 6.45) is 2.56.